The highest BCUT2D eigenvalue weighted by Gasteiger charge is 2.53. The molecular weight excluding hydrogens is 691 g/mol. The predicted octanol–water partition coefficient (Wildman–Crippen LogP) is 3.00. The number of hydrogen-bond donors (Lipinski definition) is 2. The molecule has 0 bridgehead atoms. The van der Waals surface area contributed by atoms with Crippen LogP contribution in [0, 0.1) is 0 Å². The quantitative estimate of drug-likeness (QED) is 0.143. The molecule has 18 nitrogen and oxygen atoms in total. The first-order chi connectivity index (χ1) is 23.9. The summed E-state index contributed by atoms with van der Waals surface area (Å²) in [6.07, 6.45) is -1.60. The van der Waals surface area contributed by atoms with Crippen molar-refractivity contribution in [2.24, 2.45) is 0 Å². The maximum absolute atomic E-state index is 13.6. The van der Waals surface area contributed by atoms with Crippen molar-refractivity contribution in [2.45, 2.75) is 83.9 Å². The van der Waals surface area contributed by atoms with Crippen LogP contribution in [0.2, 0.25) is 0 Å². The zero-order valence-corrected chi connectivity index (χ0v) is 29.7. The number of nitrogen functional groups attached to an aromatic ring is 1. The number of nitrogens with two attached hydrogens (primary N) is 1. The van der Waals surface area contributed by atoms with Gasteiger partial charge in [-0.25, -0.2) is 24.3 Å². The van der Waals surface area contributed by atoms with E-state index in [4.69, 9.17) is 37.9 Å². The van der Waals surface area contributed by atoms with Gasteiger partial charge < -0.3 is 34.4 Å². The molecular formula is C32H39N6O12P. The van der Waals surface area contributed by atoms with Gasteiger partial charge in [-0.05, 0) is 59.2 Å². The predicted molar refractivity (Wildman–Crippen MR) is 179 cm³/mol. The van der Waals surface area contributed by atoms with Crippen molar-refractivity contribution in [1.82, 2.24) is 19.5 Å². The zero-order chi connectivity index (χ0) is 36.9. The monoisotopic (exact) mass is 730 g/mol. The Labute approximate surface area is 291 Å². The van der Waals surface area contributed by atoms with Gasteiger partial charge in [-0.1, -0.05) is 0 Å². The van der Waals surface area contributed by atoms with Crippen LogP contribution in [0.15, 0.2) is 46.1 Å². The van der Waals surface area contributed by atoms with Crippen molar-refractivity contribution in [2.75, 3.05) is 30.3 Å². The van der Waals surface area contributed by atoms with E-state index in [-0.39, 0.29) is 36.7 Å². The summed E-state index contributed by atoms with van der Waals surface area (Å²) < 4.78 is 54.2. The molecule has 2 aliphatic heterocycles. The van der Waals surface area contributed by atoms with Gasteiger partial charge in [0.05, 0.1) is 19.5 Å². The van der Waals surface area contributed by atoms with Crippen LogP contribution in [0.1, 0.15) is 53.3 Å². The standard InChI is InChI=1S/C32H39N6O12P/c1-31(2,3)48-23(40)11-37(12-24(41)49-32(4,5)6)18-7-8-19-17(9-22(39)46-20(19)10-18)13-44-51(43)45-14-21-27(50-51)26(42)30(47-21)38-16-36-25-28(33)34-15-35-29(25)38/h7-10,15-16,21,26-27,30,42H,11-14H2,1-6H3,(H2,33,34,35)/t21-,26-,27-,30-,51?/m1/s1. The second-order valence-electron chi connectivity index (χ2n) is 14.0. The van der Waals surface area contributed by atoms with E-state index >= 15 is 0 Å². The van der Waals surface area contributed by atoms with Gasteiger partial charge in [-0.2, -0.15) is 0 Å². The molecule has 2 aliphatic rings. The average molecular weight is 731 g/mol. The molecule has 0 aliphatic carbocycles. The molecule has 1 aromatic carbocycles. The van der Waals surface area contributed by atoms with Crippen LogP contribution < -0.4 is 16.3 Å². The Kier molecular flexibility index (Phi) is 9.69. The Balaban J connectivity index is 1.19. The molecule has 2 fully saturated rings. The smallest absolute Gasteiger partial charge is 0.459 e. The van der Waals surface area contributed by atoms with Gasteiger partial charge in [0, 0.05) is 23.2 Å². The number of carbonyl (C=O) groups excluding carboxylic acids is 2. The van der Waals surface area contributed by atoms with Crippen LogP contribution >= 0.6 is 7.82 Å². The third-order valence-corrected chi connectivity index (χ3v) is 9.07. The van der Waals surface area contributed by atoms with Gasteiger partial charge in [0.25, 0.3) is 0 Å². The van der Waals surface area contributed by atoms with Crippen molar-refractivity contribution >= 4 is 53.4 Å². The molecule has 0 radical (unpaired) electrons. The molecule has 3 N–H and O–H groups in total. The fourth-order valence-electron chi connectivity index (χ4n) is 5.66. The molecule has 5 heterocycles. The van der Waals surface area contributed by atoms with Crippen LogP contribution in [0.25, 0.3) is 22.1 Å². The fourth-order valence-corrected chi connectivity index (χ4v) is 7.04. The molecule has 0 spiro atoms. The fraction of sp³-hybridized carbons (Fsp3) is 0.500. The number of imidazole rings is 1. The Bertz CT molecular complexity index is 2040. The Morgan fingerprint density at radius 1 is 1.06 bits per heavy atom. The van der Waals surface area contributed by atoms with Crippen LogP contribution in [-0.2, 0) is 48.5 Å². The number of rotatable bonds is 9. The zero-order valence-electron chi connectivity index (χ0n) is 28.8. The van der Waals surface area contributed by atoms with Gasteiger partial charge in [0.2, 0.25) is 0 Å². The van der Waals surface area contributed by atoms with E-state index in [1.54, 1.807) is 53.7 Å². The van der Waals surface area contributed by atoms with Crippen LogP contribution in [-0.4, -0.2) is 85.8 Å². The van der Waals surface area contributed by atoms with E-state index < -0.39 is 67.7 Å². The third-order valence-electron chi connectivity index (χ3n) is 7.66. The Hall–Kier alpha value is -4.45. The van der Waals surface area contributed by atoms with Crippen molar-refractivity contribution in [3.63, 3.8) is 0 Å². The Morgan fingerprint density at radius 2 is 1.75 bits per heavy atom. The van der Waals surface area contributed by atoms with E-state index in [2.05, 4.69) is 15.0 Å². The van der Waals surface area contributed by atoms with Gasteiger partial charge in [-0.15, -0.1) is 0 Å². The van der Waals surface area contributed by atoms with E-state index in [9.17, 15) is 24.1 Å². The third kappa shape index (κ3) is 8.21. The molecule has 19 heteroatoms. The first-order valence-corrected chi connectivity index (χ1v) is 17.4. The molecule has 274 valence electrons. The summed E-state index contributed by atoms with van der Waals surface area (Å²) in [7, 11) is -4.28. The van der Waals surface area contributed by atoms with Gasteiger partial charge in [-0.3, -0.25) is 27.7 Å². The number of phosphoric ester groups is 1. The molecule has 4 aromatic rings. The highest BCUT2D eigenvalue weighted by Crippen LogP contribution is 2.57. The number of aliphatic hydroxyl groups excluding tert-OH is 1. The topological polar surface area (TPSA) is 230 Å². The lowest BCUT2D eigenvalue weighted by molar-refractivity contribution is -0.154. The van der Waals surface area contributed by atoms with E-state index in [1.807, 2.05) is 0 Å². The number of hydrogen-bond acceptors (Lipinski definition) is 17. The molecule has 3 aromatic heterocycles. The van der Waals surface area contributed by atoms with Crippen molar-refractivity contribution < 1.29 is 51.5 Å². The summed E-state index contributed by atoms with van der Waals surface area (Å²) in [5, 5.41) is 11.6. The lowest BCUT2D eigenvalue weighted by Gasteiger charge is -2.30. The molecule has 51 heavy (non-hydrogen) atoms. The van der Waals surface area contributed by atoms with Crippen LogP contribution in [0.4, 0.5) is 11.5 Å². The Morgan fingerprint density at radius 3 is 2.41 bits per heavy atom. The van der Waals surface area contributed by atoms with Crippen molar-refractivity contribution in [3.8, 4) is 0 Å². The normalized spacial score (nSPS) is 23.7. The summed E-state index contributed by atoms with van der Waals surface area (Å²) >= 11 is 0. The van der Waals surface area contributed by atoms with Crippen molar-refractivity contribution in [3.05, 3.63) is 52.9 Å². The number of ether oxygens (including phenoxy) is 3. The lowest BCUT2D eigenvalue weighted by atomic mass is 10.1. The van der Waals surface area contributed by atoms with E-state index in [0.29, 0.717) is 22.2 Å². The molecule has 0 amide bonds. The first kappa shape index (κ1) is 36.3. The number of fused-ring (bicyclic) bond motifs is 3. The number of aromatic nitrogens is 4. The molecule has 6 rings (SSSR count). The van der Waals surface area contributed by atoms with Crippen molar-refractivity contribution in [1.29, 1.82) is 0 Å². The van der Waals surface area contributed by atoms with Gasteiger partial charge in [0.1, 0.15) is 60.0 Å². The number of aliphatic hydroxyl groups is 1. The largest absolute Gasteiger partial charge is 0.475 e. The molecule has 5 atom stereocenters. The summed E-state index contributed by atoms with van der Waals surface area (Å²) in [4.78, 5) is 51.9. The second kappa shape index (κ2) is 13.6. The van der Waals surface area contributed by atoms with E-state index in [1.165, 1.54) is 34.3 Å². The molecule has 0 saturated carbocycles. The average Bonchev–Trinajstić information content (AvgIpc) is 3.58. The summed E-state index contributed by atoms with van der Waals surface area (Å²) in [6, 6.07) is 5.87. The number of benzene rings is 1. The highest BCUT2D eigenvalue weighted by molar-refractivity contribution is 7.48. The number of phosphoric acid groups is 1. The maximum atomic E-state index is 13.6. The minimum atomic E-state index is -4.28. The number of anilines is 2. The number of nitrogens with zero attached hydrogens (tertiary/aromatic N) is 5. The number of carbonyl (C=O) groups is 2. The minimum Gasteiger partial charge on any atom is -0.459 e. The summed E-state index contributed by atoms with van der Waals surface area (Å²) in [5.41, 5.74) is 4.99. The summed E-state index contributed by atoms with van der Waals surface area (Å²) in [6.45, 7) is 9.12. The summed E-state index contributed by atoms with van der Waals surface area (Å²) in [5.74, 6) is -1.02. The van der Waals surface area contributed by atoms with E-state index in [0.717, 1.165) is 0 Å². The highest BCUT2D eigenvalue weighted by atomic mass is 31.2. The SMILES string of the molecule is CC(C)(C)OC(=O)CN(CC(=O)OC(C)(C)C)c1ccc2c(COP3(=O)OC[C@H]4O[C@@H](n5cnc6c(N)ncnc65)[C@H](O)[C@@H]4O3)cc(=O)oc2c1. The number of esters is 2. The minimum absolute atomic E-state index is 0.0975. The maximum Gasteiger partial charge on any atom is 0.475 e. The lowest BCUT2D eigenvalue weighted by Crippen LogP contribution is -2.40. The molecule has 2 saturated heterocycles. The molecule has 1 unspecified atom stereocenters. The van der Waals surface area contributed by atoms with Crippen LogP contribution in [0.3, 0.4) is 0 Å². The van der Waals surface area contributed by atoms with Gasteiger partial charge >= 0.3 is 25.4 Å². The van der Waals surface area contributed by atoms with Crippen LogP contribution in [0.5, 0.6) is 0 Å². The van der Waals surface area contributed by atoms with Gasteiger partial charge in [0.15, 0.2) is 17.7 Å². The first-order valence-electron chi connectivity index (χ1n) is 16.0. The second-order valence-corrected chi connectivity index (χ2v) is 15.6.